The van der Waals surface area contributed by atoms with Crippen LogP contribution >= 0.6 is 0 Å². The first-order chi connectivity index (χ1) is 9.42. The number of nitrogens with one attached hydrogen (secondary N) is 1. The minimum Gasteiger partial charge on any atom is -0.481 e. The minimum atomic E-state index is -3.56. The van der Waals surface area contributed by atoms with E-state index in [0.717, 1.165) is 30.4 Å². The number of piperidine rings is 1. The second kappa shape index (κ2) is 8.56. The molecule has 0 aromatic rings. The molecule has 1 saturated heterocycles. The van der Waals surface area contributed by atoms with Gasteiger partial charge >= 0.3 is 5.97 Å². The molecule has 0 aromatic carbocycles. The monoisotopic (exact) mass is 307 g/mol. The van der Waals surface area contributed by atoms with Crippen LogP contribution in [0.3, 0.4) is 0 Å². The Kier molecular flexibility index (Phi) is 7.42. The van der Waals surface area contributed by atoms with E-state index in [1.54, 1.807) is 0 Å². The maximum atomic E-state index is 11.8. The van der Waals surface area contributed by atoms with Crippen LogP contribution in [0.2, 0.25) is 0 Å². The molecular weight excluding hydrogens is 282 g/mol. The van der Waals surface area contributed by atoms with E-state index in [1.165, 1.54) is 26.3 Å². The maximum absolute atomic E-state index is 11.8. The lowest BCUT2D eigenvalue weighted by Gasteiger charge is -2.26. The normalized spacial score (nSPS) is 17.5. The Balaban J connectivity index is 2.19. The van der Waals surface area contributed by atoms with E-state index in [4.69, 9.17) is 5.11 Å². The number of likely N-dealkylation sites (tertiary alicyclic amines) is 1. The van der Waals surface area contributed by atoms with Crippen LogP contribution in [0, 0.1) is 0 Å². The van der Waals surface area contributed by atoms with Crippen LogP contribution in [0.4, 0.5) is 0 Å². The highest BCUT2D eigenvalue weighted by Crippen LogP contribution is 2.08. The summed E-state index contributed by atoms with van der Waals surface area (Å²) in [5.41, 5.74) is 0. The summed E-state index contributed by atoms with van der Waals surface area (Å²) in [5.74, 6) is -1.00. The maximum Gasteiger partial charge on any atom is 0.304 e. The molecule has 118 valence electrons. The summed E-state index contributed by atoms with van der Waals surface area (Å²) >= 11 is 0. The van der Waals surface area contributed by atoms with E-state index >= 15 is 0 Å². The average Bonchev–Trinajstić information content (AvgIpc) is 2.42. The van der Waals surface area contributed by atoms with Crippen molar-refractivity contribution in [3.8, 4) is 0 Å². The number of aliphatic carboxylic acids is 1. The van der Waals surface area contributed by atoms with E-state index in [0.29, 0.717) is 6.54 Å². The van der Waals surface area contributed by atoms with Gasteiger partial charge in [-0.15, -0.1) is 0 Å². The zero-order valence-electron chi connectivity index (χ0n) is 12.0. The van der Waals surface area contributed by atoms with Gasteiger partial charge in [0.15, 0.2) is 0 Å². The largest absolute Gasteiger partial charge is 0.481 e. The predicted molar refractivity (Wildman–Crippen MR) is 76.7 cm³/mol. The summed E-state index contributed by atoms with van der Waals surface area (Å²) in [6.07, 6.45) is 4.32. The van der Waals surface area contributed by atoms with Crippen LogP contribution in [-0.4, -0.2) is 68.5 Å². The Bertz CT molecular complexity index is 394. The predicted octanol–water partition coefficient (Wildman–Crippen LogP) is 0.103. The van der Waals surface area contributed by atoms with Crippen molar-refractivity contribution < 1.29 is 18.3 Å². The molecule has 1 rings (SSSR count). The number of hydrogen-bond donors (Lipinski definition) is 2. The number of rotatable bonds is 9. The van der Waals surface area contributed by atoms with Crippen molar-refractivity contribution in [1.82, 2.24) is 13.9 Å². The highest BCUT2D eigenvalue weighted by atomic mass is 32.2. The Morgan fingerprint density at radius 1 is 1.30 bits per heavy atom. The molecule has 0 atom stereocenters. The number of nitrogens with zero attached hydrogens (tertiary/aromatic N) is 2. The summed E-state index contributed by atoms with van der Waals surface area (Å²) in [7, 11) is -2.17. The first-order valence-electron chi connectivity index (χ1n) is 7.07. The number of carbonyl (C=O) groups is 1. The van der Waals surface area contributed by atoms with Crippen molar-refractivity contribution in [2.24, 2.45) is 0 Å². The third-order valence-corrected chi connectivity index (χ3v) is 5.01. The highest BCUT2D eigenvalue weighted by Gasteiger charge is 2.17. The van der Waals surface area contributed by atoms with Crippen molar-refractivity contribution in [3.63, 3.8) is 0 Å². The number of carboxylic acid groups (broad SMARTS) is 1. The molecule has 0 amide bonds. The summed E-state index contributed by atoms with van der Waals surface area (Å²) < 4.78 is 27.1. The smallest absolute Gasteiger partial charge is 0.304 e. The molecule has 2 N–H and O–H groups in total. The molecule has 0 spiro atoms. The van der Waals surface area contributed by atoms with Gasteiger partial charge in [-0.2, -0.15) is 12.7 Å². The summed E-state index contributed by atoms with van der Waals surface area (Å²) in [6, 6.07) is 0. The van der Waals surface area contributed by atoms with Crippen LogP contribution < -0.4 is 4.72 Å². The second-order valence-electron chi connectivity index (χ2n) is 5.12. The van der Waals surface area contributed by atoms with Crippen LogP contribution in [-0.2, 0) is 15.0 Å². The molecular formula is C12H25N3O4S. The molecule has 8 heteroatoms. The molecule has 1 heterocycles. The van der Waals surface area contributed by atoms with Gasteiger partial charge in [-0.05, 0) is 38.9 Å². The zero-order valence-corrected chi connectivity index (χ0v) is 12.9. The molecule has 0 saturated carbocycles. The number of hydrogen-bond acceptors (Lipinski definition) is 4. The van der Waals surface area contributed by atoms with Crippen LogP contribution in [0.1, 0.15) is 32.1 Å². The van der Waals surface area contributed by atoms with Gasteiger partial charge in [0.25, 0.3) is 10.2 Å². The highest BCUT2D eigenvalue weighted by molar-refractivity contribution is 7.87. The van der Waals surface area contributed by atoms with E-state index in [1.807, 2.05) is 0 Å². The van der Waals surface area contributed by atoms with Crippen molar-refractivity contribution in [2.45, 2.75) is 32.1 Å². The minimum absolute atomic E-state index is 0.0171. The van der Waals surface area contributed by atoms with Crippen molar-refractivity contribution in [3.05, 3.63) is 0 Å². The standard InChI is InChI=1S/C12H25N3O4S/c1-14(11-6-12(16)17)20(18,19)13-7-5-10-15-8-3-2-4-9-15/h13H,2-11H2,1H3,(H,16,17). The van der Waals surface area contributed by atoms with E-state index in [2.05, 4.69) is 9.62 Å². The average molecular weight is 307 g/mol. The number of carboxylic acids is 1. The van der Waals surface area contributed by atoms with Gasteiger partial charge in [-0.3, -0.25) is 4.79 Å². The van der Waals surface area contributed by atoms with Crippen molar-refractivity contribution in [1.29, 1.82) is 0 Å². The van der Waals surface area contributed by atoms with Gasteiger partial charge in [0, 0.05) is 20.1 Å². The quantitative estimate of drug-likeness (QED) is 0.590. The summed E-state index contributed by atoms with van der Waals surface area (Å²) in [5, 5.41) is 8.54. The van der Waals surface area contributed by atoms with E-state index < -0.39 is 16.2 Å². The van der Waals surface area contributed by atoms with Crippen LogP contribution in [0.5, 0.6) is 0 Å². The topological polar surface area (TPSA) is 90.0 Å². The summed E-state index contributed by atoms with van der Waals surface area (Å²) in [6.45, 7) is 3.48. The molecule has 0 aromatic heterocycles. The van der Waals surface area contributed by atoms with Crippen LogP contribution in [0.15, 0.2) is 0 Å². The Labute approximate surface area is 121 Å². The molecule has 20 heavy (non-hydrogen) atoms. The van der Waals surface area contributed by atoms with E-state index in [9.17, 15) is 13.2 Å². The molecule has 1 fully saturated rings. The SMILES string of the molecule is CN(CCC(=O)O)S(=O)(=O)NCCCN1CCCCC1. The van der Waals surface area contributed by atoms with Gasteiger partial charge in [-0.25, -0.2) is 4.72 Å². The Morgan fingerprint density at radius 2 is 1.95 bits per heavy atom. The first kappa shape index (κ1) is 17.4. The molecule has 1 aliphatic heterocycles. The lowest BCUT2D eigenvalue weighted by atomic mass is 10.1. The molecule has 0 aliphatic carbocycles. The fraction of sp³-hybridized carbons (Fsp3) is 0.917. The van der Waals surface area contributed by atoms with Crippen molar-refractivity contribution in [2.75, 3.05) is 39.8 Å². The van der Waals surface area contributed by atoms with Gasteiger partial charge in [-0.1, -0.05) is 6.42 Å². The van der Waals surface area contributed by atoms with Gasteiger partial charge in [0.1, 0.15) is 0 Å². The zero-order chi connectivity index (χ0) is 15.0. The Hall–Kier alpha value is -0.700. The van der Waals surface area contributed by atoms with Crippen molar-refractivity contribution >= 4 is 16.2 Å². The Morgan fingerprint density at radius 3 is 2.55 bits per heavy atom. The second-order valence-corrected chi connectivity index (χ2v) is 6.98. The molecule has 1 aliphatic rings. The van der Waals surface area contributed by atoms with Gasteiger partial charge < -0.3 is 10.0 Å². The fourth-order valence-electron chi connectivity index (χ4n) is 2.17. The molecule has 7 nitrogen and oxygen atoms in total. The first-order valence-corrected chi connectivity index (χ1v) is 8.51. The molecule has 0 bridgehead atoms. The lowest BCUT2D eigenvalue weighted by molar-refractivity contribution is -0.137. The van der Waals surface area contributed by atoms with Gasteiger partial charge in [0.05, 0.1) is 6.42 Å². The third-order valence-electron chi connectivity index (χ3n) is 3.44. The van der Waals surface area contributed by atoms with Gasteiger partial charge in [0.2, 0.25) is 0 Å². The molecule has 0 radical (unpaired) electrons. The molecule has 0 unspecified atom stereocenters. The summed E-state index contributed by atoms with van der Waals surface area (Å²) in [4.78, 5) is 12.8. The van der Waals surface area contributed by atoms with Crippen LogP contribution in [0.25, 0.3) is 0 Å². The lowest BCUT2D eigenvalue weighted by Crippen LogP contribution is -2.40. The fourth-order valence-corrected chi connectivity index (χ4v) is 3.12. The third kappa shape index (κ3) is 6.65. The van der Waals surface area contributed by atoms with E-state index in [-0.39, 0.29) is 13.0 Å².